The van der Waals surface area contributed by atoms with Crippen LogP contribution in [-0.4, -0.2) is 12.5 Å². The van der Waals surface area contributed by atoms with Crippen molar-refractivity contribution in [3.63, 3.8) is 0 Å². The van der Waals surface area contributed by atoms with Gasteiger partial charge in [0, 0.05) is 28.2 Å². The number of para-hydroxylation sites is 2. The summed E-state index contributed by atoms with van der Waals surface area (Å²) in [6, 6.07) is 18.1. The molecule has 4 rings (SSSR count). The van der Waals surface area contributed by atoms with Crippen molar-refractivity contribution in [3.05, 3.63) is 70.6 Å². The monoisotopic (exact) mass is 363 g/mol. The highest BCUT2D eigenvalue weighted by molar-refractivity contribution is 7.17. The number of fused-ring (bicyclic) bond motifs is 3. The second-order valence-corrected chi connectivity index (χ2v) is 7.55. The molecule has 0 spiro atoms. The first kappa shape index (κ1) is 16.9. The standard InChI is InChI=1S/C22H21NO2S/c1-3-12-23(18-10-6-4-8-15(18)2)22(24)20-13-16-14-25-19-11-7-5-9-17(19)21(16)26-20/h4-11,13H,3,12,14H2,1-2H3. The van der Waals surface area contributed by atoms with Gasteiger partial charge in [0.05, 0.1) is 4.88 Å². The zero-order valence-corrected chi connectivity index (χ0v) is 15.8. The molecule has 2 heterocycles. The van der Waals surface area contributed by atoms with Crippen molar-refractivity contribution in [3.8, 4) is 16.2 Å². The summed E-state index contributed by atoms with van der Waals surface area (Å²) in [4.78, 5) is 17.1. The van der Waals surface area contributed by atoms with Crippen molar-refractivity contribution in [2.75, 3.05) is 11.4 Å². The summed E-state index contributed by atoms with van der Waals surface area (Å²) in [5, 5.41) is 0. The van der Waals surface area contributed by atoms with Crippen LogP contribution in [0.15, 0.2) is 54.6 Å². The molecule has 0 fully saturated rings. The quantitative estimate of drug-likeness (QED) is 0.597. The second-order valence-electron chi connectivity index (χ2n) is 6.49. The molecule has 2 aromatic carbocycles. The summed E-state index contributed by atoms with van der Waals surface area (Å²) in [7, 11) is 0. The number of ether oxygens (including phenoxy) is 1. The van der Waals surface area contributed by atoms with Gasteiger partial charge in [-0.25, -0.2) is 0 Å². The van der Waals surface area contributed by atoms with Crippen LogP contribution < -0.4 is 9.64 Å². The van der Waals surface area contributed by atoms with E-state index in [1.54, 1.807) is 11.3 Å². The summed E-state index contributed by atoms with van der Waals surface area (Å²) in [6.45, 7) is 5.38. The third-order valence-electron chi connectivity index (χ3n) is 4.63. The summed E-state index contributed by atoms with van der Waals surface area (Å²) < 4.78 is 5.84. The maximum atomic E-state index is 13.3. The van der Waals surface area contributed by atoms with Crippen LogP contribution in [0.3, 0.4) is 0 Å². The number of amides is 1. The summed E-state index contributed by atoms with van der Waals surface area (Å²) >= 11 is 1.57. The van der Waals surface area contributed by atoms with E-state index in [1.807, 2.05) is 47.4 Å². The van der Waals surface area contributed by atoms with Crippen LogP contribution in [0.5, 0.6) is 5.75 Å². The van der Waals surface area contributed by atoms with E-state index in [4.69, 9.17) is 4.74 Å². The van der Waals surface area contributed by atoms with Gasteiger partial charge in [-0.3, -0.25) is 4.79 Å². The molecular formula is C22H21NO2S. The van der Waals surface area contributed by atoms with Crippen molar-refractivity contribution in [2.45, 2.75) is 26.9 Å². The second kappa shape index (κ2) is 6.96. The van der Waals surface area contributed by atoms with Gasteiger partial charge >= 0.3 is 0 Å². The first-order valence-corrected chi connectivity index (χ1v) is 9.73. The van der Waals surface area contributed by atoms with Crippen LogP contribution >= 0.6 is 11.3 Å². The lowest BCUT2D eigenvalue weighted by Crippen LogP contribution is -2.31. The van der Waals surface area contributed by atoms with Crippen LogP contribution in [0.2, 0.25) is 0 Å². The average molecular weight is 363 g/mol. The van der Waals surface area contributed by atoms with Gasteiger partial charge in [0.2, 0.25) is 0 Å². The maximum Gasteiger partial charge on any atom is 0.268 e. The van der Waals surface area contributed by atoms with Crippen molar-refractivity contribution >= 4 is 22.9 Å². The van der Waals surface area contributed by atoms with Gasteiger partial charge in [0.15, 0.2) is 0 Å². The fourth-order valence-corrected chi connectivity index (χ4v) is 4.51. The lowest BCUT2D eigenvalue weighted by molar-refractivity contribution is 0.0990. The van der Waals surface area contributed by atoms with Gasteiger partial charge < -0.3 is 9.64 Å². The lowest BCUT2D eigenvalue weighted by atomic mass is 10.1. The number of nitrogens with zero attached hydrogens (tertiary/aromatic N) is 1. The van der Waals surface area contributed by atoms with E-state index in [0.717, 1.165) is 44.3 Å². The summed E-state index contributed by atoms with van der Waals surface area (Å²) in [5.74, 6) is 0.961. The Bertz CT molecular complexity index is 960. The van der Waals surface area contributed by atoms with Crippen molar-refractivity contribution in [2.24, 2.45) is 0 Å². The first-order chi connectivity index (χ1) is 12.7. The molecule has 3 aromatic rings. The molecule has 0 N–H and O–H groups in total. The van der Waals surface area contributed by atoms with Gasteiger partial charge in [-0.05, 0) is 43.2 Å². The molecular weight excluding hydrogens is 342 g/mol. The molecule has 0 saturated heterocycles. The highest BCUT2D eigenvalue weighted by Gasteiger charge is 2.25. The lowest BCUT2D eigenvalue weighted by Gasteiger charge is -2.23. The number of benzene rings is 2. The molecule has 1 aromatic heterocycles. The van der Waals surface area contributed by atoms with Gasteiger partial charge in [-0.2, -0.15) is 0 Å². The molecule has 1 aliphatic heterocycles. The van der Waals surface area contributed by atoms with Gasteiger partial charge in [0.1, 0.15) is 12.4 Å². The Labute approximate surface area is 157 Å². The zero-order valence-electron chi connectivity index (χ0n) is 15.0. The fourth-order valence-electron chi connectivity index (χ4n) is 3.36. The first-order valence-electron chi connectivity index (χ1n) is 8.91. The smallest absolute Gasteiger partial charge is 0.268 e. The number of hydrogen-bond acceptors (Lipinski definition) is 3. The summed E-state index contributed by atoms with van der Waals surface area (Å²) in [5.41, 5.74) is 4.28. The van der Waals surface area contributed by atoms with Crippen LogP contribution in [-0.2, 0) is 6.61 Å². The molecule has 3 nitrogen and oxygen atoms in total. The van der Waals surface area contributed by atoms with E-state index in [1.165, 1.54) is 0 Å². The highest BCUT2D eigenvalue weighted by atomic mass is 32.1. The largest absolute Gasteiger partial charge is 0.488 e. The Morgan fingerprint density at radius 1 is 1.15 bits per heavy atom. The normalized spacial score (nSPS) is 12.1. The molecule has 4 heteroatoms. The highest BCUT2D eigenvalue weighted by Crippen LogP contribution is 2.42. The van der Waals surface area contributed by atoms with Crippen molar-refractivity contribution in [1.29, 1.82) is 0 Å². The Morgan fingerprint density at radius 3 is 2.73 bits per heavy atom. The molecule has 0 bridgehead atoms. The molecule has 1 aliphatic rings. The van der Waals surface area contributed by atoms with Crippen LogP contribution in [0, 0.1) is 6.92 Å². The summed E-state index contributed by atoms with van der Waals surface area (Å²) in [6.07, 6.45) is 0.914. The zero-order chi connectivity index (χ0) is 18.1. The van der Waals surface area contributed by atoms with Gasteiger partial charge in [0.25, 0.3) is 5.91 Å². The molecule has 132 valence electrons. The van der Waals surface area contributed by atoms with E-state index < -0.39 is 0 Å². The number of anilines is 1. The molecule has 1 amide bonds. The number of carbonyl (C=O) groups excluding carboxylic acids is 1. The number of rotatable bonds is 4. The molecule has 0 atom stereocenters. The number of hydrogen-bond donors (Lipinski definition) is 0. The van der Waals surface area contributed by atoms with Gasteiger partial charge in [-0.1, -0.05) is 37.3 Å². The minimum Gasteiger partial charge on any atom is -0.488 e. The predicted molar refractivity (Wildman–Crippen MR) is 107 cm³/mol. The molecule has 26 heavy (non-hydrogen) atoms. The van der Waals surface area contributed by atoms with Crippen LogP contribution in [0.25, 0.3) is 10.4 Å². The number of carbonyl (C=O) groups is 1. The van der Waals surface area contributed by atoms with Crippen LogP contribution in [0.4, 0.5) is 5.69 Å². The Balaban J connectivity index is 1.73. The Morgan fingerprint density at radius 2 is 1.92 bits per heavy atom. The van der Waals surface area contributed by atoms with Crippen LogP contribution in [0.1, 0.15) is 34.1 Å². The minimum absolute atomic E-state index is 0.0676. The topological polar surface area (TPSA) is 29.5 Å². The van der Waals surface area contributed by atoms with Gasteiger partial charge in [-0.15, -0.1) is 11.3 Å². The van der Waals surface area contributed by atoms with E-state index in [-0.39, 0.29) is 5.91 Å². The molecule has 0 unspecified atom stereocenters. The van der Waals surface area contributed by atoms with E-state index in [0.29, 0.717) is 13.2 Å². The minimum atomic E-state index is 0.0676. The third kappa shape index (κ3) is 2.90. The third-order valence-corrected chi connectivity index (χ3v) is 5.83. The molecule has 0 aliphatic carbocycles. The maximum absolute atomic E-state index is 13.3. The van der Waals surface area contributed by atoms with Crippen molar-refractivity contribution in [1.82, 2.24) is 0 Å². The van der Waals surface area contributed by atoms with Crippen molar-refractivity contribution < 1.29 is 9.53 Å². The van der Waals surface area contributed by atoms with E-state index in [2.05, 4.69) is 26.0 Å². The fraction of sp³-hybridized carbons (Fsp3) is 0.227. The number of aryl methyl sites for hydroxylation is 1. The van der Waals surface area contributed by atoms with E-state index in [9.17, 15) is 4.79 Å². The predicted octanol–water partition coefficient (Wildman–Crippen LogP) is 5.67. The molecule has 0 saturated carbocycles. The molecule has 0 radical (unpaired) electrons. The average Bonchev–Trinajstić information content (AvgIpc) is 3.11. The Hall–Kier alpha value is -2.59. The van der Waals surface area contributed by atoms with E-state index >= 15 is 0 Å². The SMILES string of the molecule is CCCN(C(=O)c1cc2c(s1)-c1ccccc1OC2)c1ccccc1C. The number of thiophene rings is 1. The Kier molecular flexibility index (Phi) is 4.51.